The molecular weight excluding hydrogens is 784 g/mol. The molecule has 0 spiro atoms. The molecule has 2 atom stereocenters. The van der Waals surface area contributed by atoms with Gasteiger partial charge < -0.3 is 28.3 Å². The average Bonchev–Trinajstić information content (AvgIpc) is 3.94. The van der Waals surface area contributed by atoms with Crippen LogP contribution in [0.25, 0.3) is 0 Å². The van der Waals surface area contributed by atoms with Crippen molar-refractivity contribution in [1.82, 2.24) is 4.90 Å². The predicted molar refractivity (Wildman–Crippen MR) is 221 cm³/mol. The van der Waals surface area contributed by atoms with Crippen molar-refractivity contribution in [2.45, 2.75) is 174 Å². The van der Waals surface area contributed by atoms with Gasteiger partial charge in [-0.05, 0) is 150 Å². The molecule has 2 saturated carbocycles. The van der Waals surface area contributed by atoms with Crippen molar-refractivity contribution >= 4 is 52.2 Å². The summed E-state index contributed by atoms with van der Waals surface area (Å²) in [7, 11) is -0.119. The predicted octanol–water partition coefficient (Wildman–Crippen LogP) is 11.8. The monoisotopic (exact) mass is 845 g/mol. The Morgan fingerprint density at radius 2 is 1.12 bits per heavy atom. The number of carbonyl (C=O) groups is 1. The summed E-state index contributed by atoms with van der Waals surface area (Å²) in [5, 5.41) is -0.0776. The van der Waals surface area contributed by atoms with Crippen molar-refractivity contribution < 1.29 is 28.1 Å². The number of amides is 1. The topological polar surface area (TPSA) is 66.5 Å². The highest BCUT2D eigenvalue weighted by molar-refractivity contribution is 9.10. The van der Waals surface area contributed by atoms with Gasteiger partial charge in [0.25, 0.3) is 0 Å². The molecule has 2 saturated heterocycles. The largest absolute Gasteiger partial charge is 0.469 e. The Morgan fingerprint density at radius 1 is 0.712 bits per heavy atom. The molecule has 2 aliphatic heterocycles. The smallest absolute Gasteiger partial charge is 0.442 e. The van der Waals surface area contributed by atoms with Crippen molar-refractivity contribution in [3.8, 4) is 0 Å². The van der Waals surface area contributed by atoms with E-state index in [0.29, 0.717) is 11.7 Å². The maximum absolute atomic E-state index is 12.2. The Kier molecular flexibility index (Phi) is 13.7. The van der Waals surface area contributed by atoms with Gasteiger partial charge in [0.1, 0.15) is 6.10 Å². The van der Waals surface area contributed by atoms with E-state index in [-0.39, 0.29) is 66.2 Å². The molecule has 0 radical (unpaired) electrons. The maximum atomic E-state index is 12.2. The fourth-order valence-electron chi connectivity index (χ4n) is 6.63. The second-order valence-electron chi connectivity index (χ2n) is 17.8. The lowest BCUT2D eigenvalue weighted by molar-refractivity contribution is 0.00578. The Morgan fingerprint density at radius 3 is 1.50 bits per heavy atom. The lowest BCUT2D eigenvalue weighted by Crippen LogP contribution is -2.45. The highest BCUT2D eigenvalue weighted by Crippen LogP contribution is 2.53. The first-order valence-electron chi connectivity index (χ1n) is 19.1. The molecule has 288 valence electrons. The third-order valence-corrected chi connectivity index (χ3v) is 12.9. The van der Waals surface area contributed by atoms with Gasteiger partial charge in [0.15, 0.2) is 0 Å². The van der Waals surface area contributed by atoms with Gasteiger partial charge in [-0.1, -0.05) is 75.9 Å². The highest BCUT2D eigenvalue weighted by atomic mass is 79.9. The quantitative estimate of drug-likeness (QED) is 0.247. The number of ether oxygens (including phenoxy) is 1. The van der Waals surface area contributed by atoms with Crippen LogP contribution in [0.3, 0.4) is 0 Å². The van der Waals surface area contributed by atoms with Crippen LogP contribution in [-0.4, -0.2) is 59.7 Å². The molecule has 2 aromatic carbocycles. The molecular formula is C41H63B2Br2NO6. The zero-order chi connectivity index (χ0) is 39.0. The Labute approximate surface area is 332 Å². The summed E-state index contributed by atoms with van der Waals surface area (Å²) in [6, 6.07) is 16.7. The fraction of sp³-hybridized carbons (Fsp3) is 0.683. The molecule has 1 amide bonds. The minimum atomic E-state index is -0.275. The zero-order valence-corrected chi connectivity index (χ0v) is 37.3. The summed E-state index contributed by atoms with van der Waals surface area (Å²) in [5.74, 6) is 1.32. The van der Waals surface area contributed by atoms with E-state index in [0.717, 1.165) is 14.5 Å². The van der Waals surface area contributed by atoms with Gasteiger partial charge in [-0.2, -0.15) is 0 Å². The van der Waals surface area contributed by atoms with Gasteiger partial charge >= 0.3 is 20.3 Å². The molecule has 0 N–H and O–H groups in total. The number of nitrogens with zero attached hydrogens (tertiary/aromatic N) is 1. The number of halogens is 2. The van der Waals surface area contributed by atoms with Crippen LogP contribution in [0, 0.1) is 5.92 Å². The fourth-order valence-corrected chi connectivity index (χ4v) is 7.15. The summed E-state index contributed by atoms with van der Waals surface area (Å²) in [4.78, 5) is 13.9. The number of hydrogen-bond acceptors (Lipinski definition) is 6. The van der Waals surface area contributed by atoms with Crippen LogP contribution in [0.5, 0.6) is 0 Å². The summed E-state index contributed by atoms with van der Waals surface area (Å²) in [6.07, 6.45) is 4.56. The van der Waals surface area contributed by atoms with Gasteiger partial charge in [0.2, 0.25) is 0 Å². The van der Waals surface area contributed by atoms with Crippen LogP contribution in [0.1, 0.15) is 140 Å². The standard InChI is InChI=1S/C17H24BBrO2.C15H22BrNO2.C9H17BO2/c1-15(2)16(3,4)21-18(20-15)17(5,12-6-7-12)13-8-10-14(19)11-9-13;1-10(2)17(11(3)4)15(18)19-12(5)13-6-8-14(16)9-7-13;1-8(2)9(3,4)12-10(11-8)7-5-6-7/h8-12H,6-7H2,1-5H3;6-12H,1-5H3;7H,5-6H2,1-4H3/t17-;12-;/m10./s1. The molecule has 0 bridgehead atoms. The van der Waals surface area contributed by atoms with E-state index >= 15 is 0 Å². The summed E-state index contributed by atoms with van der Waals surface area (Å²) in [6.45, 7) is 29.1. The molecule has 6 rings (SSSR count). The minimum absolute atomic E-state index is 0.0648. The molecule has 4 aliphatic rings. The van der Waals surface area contributed by atoms with Crippen LogP contribution in [0.15, 0.2) is 57.5 Å². The van der Waals surface area contributed by atoms with Crippen molar-refractivity contribution in [2.75, 3.05) is 0 Å². The average molecular weight is 847 g/mol. The Hall–Kier alpha value is -1.36. The molecule has 4 fully saturated rings. The van der Waals surface area contributed by atoms with E-state index in [4.69, 9.17) is 23.4 Å². The van der Waals surface area contributed by atoms with Crippen LogP contribution in [0.2, 0.25) is 5.82 Å². The first-order valence-corrected chi connectivity index (χ1v) is 20.7. The van der Waals surface area contributed by atoms with Crippen molar-refractivity contribution in [3.63, 3.8) is 0 Å². The minimum Gasteiger partial charge on any atom is -0.442 e. The highest BCUT2D eigenvalue weighted by Gasteiger charge is 2.62. The SMILES string of the molecule is CC(C)N(C(=O)O[C@@H](C)c1ccc(Br)cc1)C(C)C.CC1(C)OB(C2CC2)OC1(C)C.CC1(C)OB([C@@](C)(c2ccc(Br)cc2)C2CC2)OC1(C)C. The molecule has 0 aromatic heterocycles. The van der Waals surface area contributed by atoms with E-state index in [1.807, 2.05) is 58.9 Å². The maximum Gasteiger partial charge on any atom is 0.469 e. The van der Waals surface area contributed by atoms with Crippen LogP contribution < -0.4 is 0 Å². The first kappa shape index (κ1) is 43.4. The van der Waals surface area contributed by atoms with E-state index in [9.17, 15) is 4.79 Å². The molecule has 7 nitrogen and oxygen atoms in total. The third kappa shape index (κ3) is 10.1. The second-order valence-corrected chi connectivity index (χ2v) is 19.6. The van der Waals surface area contributed by atoms with Crippen molar-refractivity contribution in [1.29, 1.82) is 0 Å². The molecule has 2 aromatic rings. The molecule has 0 unspecified atom stereocenters. The van der Waals surface area contributed by atoms with Gasteiger partial charge in [0, 0.05) is 26.3 Å². The van der Waals surface area contributed by atoms with Crippen molar-refractivity contribution in [3.05, 3.63) is 68.6 Å². The Balaban J connectivity index is 0.000000181. The third-order valence-electron chi connectivity index (χ3n) is 11.9. The van der Waals surface area contributed by atoms with Crippen LogP contribution in [-0.2, 0) is 28.7 Å². The lowest BCUT2D eigenvalue weighted by Gasteiger charge is -2.32. The van der Waals surface area contributed by atoms with Crippen LogP contribution >= 0.6 is 31.9 Å². The summed E-state index contributed by atoms with van der Waals surface area (Å²) < 4.78 is 32.2. The summed E-state index contributed by atoms with van der Waals surface area (Å²) in [5.41, 5.74) is 1.48. The zero-order valence-electron chi connectivity index (χ0n) is 34.1. The normalized spacial score (nSPS) is 22.9. The van der Waals surface area contributed by atoms with Gasteiger partial charge in [-0.25, -0.2) is 4.79 Å². The van der Waals surface area contributed by atoms with E-state index in [2.05, 4.69) is 118 Å². The Bertz CT molecular complexity index is 1450. The van der Waals surface area contributed by atoms with Gasteiger partial charge in [0.05, 0.1) is 22.4 Å². The number of benzene rings is 2. The molecule has 52 heavy (non-hydrogen) atoms. The summed E-state index contributed by atoms with van der Waals surface area (Å²) >= 11 is 6.91. The van der Waals surface area contributed by atoms with E-state index < -0.39 is 0 Å². The number of hydrogen-bond donors (Lipinski definition) is 0. The van der Waals surface area contributed by atoms with Crippen molar-refractivity contribution in [2.24, 2.45) is 5.92 Å². The van der Waals surface area contributed by atoms with E-state index in [1.54, 1.807) is 4.90 Å². The van der Waals surface area contributed by atoms with Crippen LogP contribution in [0.4, 0.5) is 4.79 Å². The number of rotatable bonds is 8. The second kappa shape index (κ2) is 16.4. The van der Waals surface area contributed by atoms with E-state index in [1.165, 1.54) is 31.2 Å². The lowest BCUT2D eigenvalue weighted by atomic mass is 9.52. The first-order chi connectivity index (χ1) is 23.9. The van der Waals surface area contributed by atoms with Gasteiger partial charge in [-0.15, -0.1) is 0 Å². The molecule has 2 aliphatic carbocycles. The number of carbonyl (C=O) groups excluding carboxylic acids is 1. The molecule has 11 heteroatoms. The molecule has 2 heterocycles. The van der Waals surface area contributed by atoms with Gasteiger partial charge in [-0.3, -0.25) is 0 Å².